The van der Waals surface area contributed by atoms with Gasteiger partial charge < -0.3 is 19.4 Å². The van der Waals surface area contributed by atoms with Gasteiger partial charge in [0.1, 0.15) is 11.9 Å². The Morgan fingerprint density at radius 1 is 1.44 bits per heavy atom. The van der Waals surface area contributed by atoms with Crippen LogP contribution in [0.4, 0.5) is 0 Å². The average Bonchev–Trinajstić information content (AvgIpc) is 3.09. The second-order valence-electron chi connectivity index (χ2n) is 6.11. The summed E-state index contributed by atoms with van der Waals surface area (Å²) in [5.41, 5.74) is 0.957. The highest BCUT2D eigenvalue weighted by Gasteiger charge is 2.30. The molecule has 2 aromatic rings. The van der Waals surface area contributed by atoms with Crippen LogP contribution >= 0.6 is 23.7 Å². The van der Waals surface area contributed by atoms with E-state index < -0.39 is 0 Å². The first-order valence-corrected chi connectivity index (χ1v) is 8.95. The molecule has 0 radical (unpaired) electrons. The van der Waals surface area contributed by atoms with Crippen molar-refractivity contribution in [2.45, 2.75) is 32.9 Å². The number of rotatable bonds is 4. The Morgan fingerprint density at radius 3 is 2.80 bits per heavy atom. The molecule has 1 amide bonds. The fourth-order valence-corrected chi connectivity index (χ4v) is 3.99. The lowest BCUT2D eigenvalue weighted by atomic mass is 10.1. The third-order valence-electron chi connectivity index (χ3n) is 4.64. The molecule has 1 aliphatic heterocycles. The number of amides is 1. The minimum atomic E-state index is -0.0618. The maximum Gasteiger partial charge on any atom is 0.307 e. The molecular formula is C16H24ClN5O2S. The maximum atomic E-state index is 12.8. The van der Waals surface area contributed by atoms with Gasteiger partial charge in [0.2, 0.25) is 5.91 Å². The first kappa shape index (κ1) is 19.7. The lowest BCUT2D eigenvalue weighted by Crippen LogP contribution is -2.49. The minimum absolute atomic E-state index is 0. The predicted molar refractivity (Wildman–Crippen MR) is 100 cm³/mol. The van der Waals surface area contributed by atoms with Crippen molar-refractivity contribution in [3.63, 3.8) is 0 Å². The van der Waals surface area contributed by atoms with Gasteiger partial charge in [0, 0.05) is 62.6 Å². The van der Waals surface area contributed by atoms with E-state index in [9.17, 15) is 9.59 Å². The highest BCUT2D eigenvalue weighted by molar-refractivity contribution is 7.09. The summed E-state index contributed by atoms with van der Waals surface area (Å²) < 4.78 is 3.66. The Bertz CT molecular complexity index is 797. The van der Waals surface area contributed by atoms with E-state index in [1.165, 1.54) is 11.3 Å². The number of hydrogen-bond acceptors (Lipinski definition) is 5. The molecule has 1 unspecified atom stereocenters. The fraction of sp³-hybridized carbons (Fsp3) is 0.562. The van der Waals surface area contributed by atoms with E-state index in [-0.39, 0.29) is 29.2 Å². The van der Waals surface area contributed by atoms with Gasteiger partial charge in [0.05, 0.1) is 0 Å². The molecule has 1 fully saturated rings. The Labute approximate surface area is 157 Å². The van der Waals surface area contributed by atoms with Crippen molar-refractivity contribution < 1.29 is 4.79 Å². The van der Waals surface area contributed by atoms with Crippen LogP contribution < -0.4 is 10.2 Å². The molecular weight excluding hydrogens is 362 g/mol. The van der Waals surface area contributed by atoms with Crippen LogP contribution in [0.25, 0.3) is 0 Å². The van der Waals surface area contributed by atoms with Gasteiger partial charge in [-0.15, -0.1) is 12.4 Å². The summed E-state index contributed by atoms with van der Waals surface area (Å²) in [6.07, 6.45) is 3.98. The van der Waals surface area contributed by atoms with Crippen LogP contribution in [-0.4, -0.2) is 44.6 Å². The standard InChI is InChI=1S/C16H23N5O2S.ClH/c1-11-12(2)24-16(23)20(11)7-4-14(22)21-9-5-17-10-13(21)15-18-6-8-19(15)3;/h6,8,13,17H,4-5,7,9-10H2,1-3H3;1H. The molecule has 1 N–H and O–H groups in total. The molecule has 0 spiro atoms. The topological polar surface area (TPSA) is 72.2 Å². The van der Waals surface area contributed by atoms with Crippen molar-refractivity contribution in [3.05, 3.63) is 38.5 Å². The molecule has 138 valence electrons. The van der Waals surface area contributed by atoms with E-state index in [1.54, 1.807) is 10.8 Å². The van der Waals surface area contributed by atoms with Crippen LogP contribution in [0.15, 0.2) is 17.2 Å². The number of piperazine rings is 1. The summed E-state index contributed by atoms with van der Waals surface area (Å²) in [4.78, 5) is 32.1. The van der Waals surface area contributed by atoms with Crippen molar-refractivity contribution in [1.82, 2.24) is 24.3 Å². The second-order valence-corrected chi connectivity index (χ2v) is 7.28. The van der Waals surface area contributed by atoms with Crippen molar-refractivity contribution >= 4 is 29.7 Å². The number of halogens is 1. The molecule has 2 aromatic heterocycles. The molecule has 7 nitrogen and oxygen atoms in total. The summed E-state index contributed by atoms with van der Waals surface area (Å²) in [6, 6.07) is -0.0618. The molecule has 1 atom stereocenters. The van der Waals surface area contributed by atoms with Crippen LogP contribution in [0.3, 0.4) is 0 Å². The molecule has 0 aliphatic carbocycles. The Morgan fingerprint density at radius 2 is 2.20 bits per heavy atom. The van der Waals surface area contributed by atoms with Crippen LogP contribution in [0.1, 0.15) is 28.9 Å². The zero-order valence-electron chi connectivity index (χ0n) is 14.7. The minimum Gasteiger partial charge on any atom is -0.336 e. The molecule has 1 saturated heterocycles. The normalized spacial score (nSPS) is 17.4. The number of thiazole rings is 1. The number of nitrogens with zero attached hydrogens (tertiary/aromatic N) is 4. The summed E-state index contributed by atoms with van der Waals surface area (Å²) in [6.45, 7) is 6.45. The first-order chi connectivity index (χ1) is 11.5. The monoisotopic (exact) mass is 385 g/mol. The number of aromatic nitrogens is 3. The third-order valence-corrected chi connectivity index (χ3v) is 5.64. The van der Waals surface area contributed by atoms with Gasteiger partial charge in [-0.3, -0.25) is 9.59 Å². The average molecular weight is 386 g/mol. The highest BCUT2D eigenvalue weighted by Crippen LogP contribution is 2.21. The third kappa shape index (κ3) is 3.96. The van der Waals surface area contributed by atoms with Gasteiger partial charge in [-0.1, -0.05) is 11.3 Å². The lowest BCUT2D eigenvalue weighted by Gasteiger charge is -2.35. The summed E-state index contributed by atoms with van der Waals surface area (Å²) in [5, 5.41) is 3.33. The first-order valence-electron chi connectivity index (χ1n) is 8.13. The zero-order chi connectivity index (χ0) is 17.3. The number of carbonyl (C=O) groups is 1. The summed E-state index contributed by atoms with van der Waals surface area (Å²) in [5.74, 6) is 0.954. The van der Waals surface area contributed by atoms with E-state index >= 15 is 0 Å². The molecule has 0 aromatic carbocycles. The Hall–Kier alpha value is -1.64. The second kappa shape index (κ2) is 8.16. The predicted octanol–water partition coefficient (Wildman–Crippen LogP) is 1.25. The van der Waals surface area contributed by atoms with Crippen molar-refractivity contribution in [1.29, 1.82) is 0 Å². The quantitative estimate of drug-likeness (QED) is 0.859. The number of aryl methyl sites for hydroxylation is 2. The largest absolute Gasteiger partial charge is 0.336 e. The van der Waals surface area contributed by atoms with Crippen molar-refractivity contribution in [2.75, 3.05) is 19.6 Å². The molecule has 25 heavy (non-hydrogen) atoms. The SMILES string of the molecule is Cc1sc(=O)n(CCC(=O)N2CCNCC2c2nccn2C)c1C.Cl. The van der Waals surface area contributed by atoms with Crippen LogP contribution in [-0.2, 0) is 18.4 Å². The van der Waals surface area contributed by atoms with Crippen LogP contribution in [0, 0.1) is 13.8 Å². The smallest absolute Gasteiger partial charge is 0.307 e. The summed E-state index contributed by atoms with van der Waals surface area (Å²) in [7, 11) is 1.94. The molecule has 0 bridgehead atoms. The number of nitrogens with one attached hydrogen (secondary N) is 1. The van der Waals surface area contributed by atoms with Crippen LogP contribution in [0.2, 0.25) is 0 Å². The van der Waals surface area contributed by atoms with Crippen molar-refractivity contribution in [2.24, 2.45) is 7.05 Å². The number of hydrogen-bond donors (Lipinski definition) is 1. The highest BCUT2D eigenvalue weighted by atomic mass is 35.5. The van der Waals surface area contributed by atoms with Gasteiger partial charge in [-0.05, 0) is 13.8 Å². The van der Waals surface area contributed by atoms with Gasteiger partial charge in [0.25, 0.3) is 0 Å². The van der Waals surface area contributed by atoms with E-state index in [1.807, 2.05) is 36.6 Å². The van der Waals surface area contributed by atoms with Gasteiger partial charge in [-0.2, -0.15) is 0 Å². The van der Waals surface area contributed by atoms with E-state index in [0.717, 1.165) is 22.9 Å². The van der Waals surface area contributed by atoms with E-state index in [4.69, 9.17) is 0 Å². The van der Waals surface area contributed by atoms with Crippen LogP contribution in [0.5, 0.6) is 0 Å². The van der Waals surface area contributed by atoms with E-state index in [2.05, 4.69) is 10.3 Å². The van der Waals surface area contributed by atoms with Gasteiger partial charge >= 0.3 is 4.87 Å². The Balaban J connectivity index is 0.00000225. The van der Waals surface area contributed by atoms with Gasteiger partial charge in [-0.25, -0.2) is 4.98 Å². The molecule has 0 saturated carbocycles. The van der Waals surface area contributed by atoms with Gasteiger partial charge in [0.15, 0.2) is 0 Å². The van der Waals surface area contributed by atoms with Crippen molar-refractivity contribution in [3.8, 4) is 0 Å². The zero-order valence-corrected chi connectivity index (χ0v) is 16.3. The molecule has 9 heteroatoms. The fourth-order valence-electron chi connectivity index (χ4n) is 3.13. The van der Waals surface area contributed by atoms with E-state index in [0.29, 0.717) is 26.1 Å². The molecule has 1 aliphatic rings. The Kier molecular flexibility index (Phi) is 6.42. The molecule has 3 rings (SSSR count). The number of carbonyl (C=O) groups excluding carboxylic acids is 1. The maximum absolute atomic E-state index is 12.8. The molecule has 3 heterocycles. The lowest BCUT2D eigenvalue weighted by molar-refractivity contribution is -0.135. The summed E-state index contributed by atoms with van der Waals surface area (Å²) >= 11 is 1.24. The number of imidazole rings is 1.